The number of nitrogens with one attached hydrogen (secondary N) is 1. The van der Waals surface area contributed by atoms with E-state index in [1.54, 1.807) is 12.5 Å². The Morgan fingerprint density at radius 2 is 2.06 bits per heavy atom. The SMILES string of the molecule is CCNc1ncnc(-c2cnccc2C)c1C. The van der Waals surface area contributed by atoms with Crippen LogP contribution in [0.2, 0.25) is 0 Å². The van der Waals surface area contributed by atoms with E-state index in [1.807, 2.05) is 19.2 Å². The summed E-state index contributed by atoms with van der Waals surface area (Å²) in [5, 5.41) is 3.23. The van der Waals surface area contributed by atoms with E-state index in [4.69, 9.17) is 0 Å². The number of anilines is 1. The van der Waals surface area contributed by atoms with Gasteiger partial charge < -0.3 is 5.32 Å². The summed E-state index contributed by atoms with van der Waals surface area (Å²) >= 11 is 0. The molecule has 2 rings (SSSR count). The molecule has 0 radical (unpaired) electrons. The normalized spacial score (nSPS) is 10.3. The monoisotopic (exact) mass is 228 g/mol. The van der Waals surface area contributed by atoms with Gasteiger partial charge in [0.15, 0.2) is 0 Å². The molecule has 2 aromatic rings. The van der Waals surface area contributed by atoms with Crippen molar-refractivity contribution in [3.05, 3.63) is 35.9 Å². The molecule has 2 heterocycles. The third kappa shape index (κ3) is 2.25. The number of nitrogens with zero attached hydrogens (tertiary/aromatic N) is 3. The average molecular weight is 228 g/mol. The fourth-order valence-corrected chi connectivity index (χ4v) is 1.78. The maximum atomic E-state index is 4.36. The van der Waals surface area contributed by atoms with Crippen LogP contribution >= 0.6 is 0 Å². The highest BCUT2D eigenvalue weighted by atomic mass is 15.0. The molecule has 0 spiro atoms. The maximum absolute atomic E-state index is 4.36. The van der Waals surface area contributed by atoms with Gasteiger partial charge in [0.05, 0.1) is 5.69 Å². The molecule has 0 unspecified atom stereocenters. The van der Waals surface area contributed by atoms with Crippen LogP contribution in [0, 0.1) is 13.8 Å². The molecule has 0 fully saturated rings. The predicted octanol–water partition coefficient (Wildman–Crippen LogP) is 2.59. The van der Waals surface area contributed by atoms with Crippen molar-refractivity contribution in [2.24, 2.45) is 0 Å². The minimum atomic E-state index is 0.851. The third-order valence-corrected chi connectivity index (χ3v) is 2.72. The first kappa shape index (κ1) is 11.5. The Labute approximate surface area is 101 Å². The maximum Gasteiger partial charge on any atom is 0.132 e. The molecular formula is C13H16N4. The van der Waals surface area contributed by atoms with Crippen LogP contribution in [-0.2, 0) is 0 Å². The Kier molecular flexibility index (Phi) is 3.32. The van der Waals surface area contributed by atoms with E-state index < -0.39 is 0 Å². The quantitative estimate of drug-likeness (QED) is 0.877. The molecule has 4 nitrogen and oxygen atoms in total. The Bertz CT molecular complexity index is 523. The number of aromatic nitrogens is 3. The van der Waals surface area contributed by atoms with Crippen LogP contribution in [0.5, 0.6) is 0 Å². The average Bonchev–Trinajstić information content (AvgIpc) is 2.33. The lowest BCUT2D eigenvalue weighted by Gasteiger charge is -2.11. The molecule has 0 bridgehead atoms. The first-order chi connectivity index (χ1) is 8.24. The molecule has 1 N–H and O–H groups in total. The Morgan fingerprint density at radius 3 is 2.76 bits per heavy atom. The van der Waals surface area contributed by atoms with Gasteiger partial charge in [-0.1, -0.05) is 0 Å². The van der Waals surface area contributed by atoms with E-state index in [2.05, 4.69) is 34.1 Å². The van der Waals surface area contributed by atoms with Crippen LogP contribution in [0.25, 0.3) is 11.3 Å². The van der Waals surface area contributed by atoms with Gasteiger partial charge in [-0.05, 0) is 32.4 Å². The van der Waals surface area contributed by atoms with Crippen LogP contribution in [-0.4, -0.2) is 21.5 Å². The lowest BCUT2D eigenvalue weighted by Crippen LogP contribution is -2.04. The van der Waals surface area contributed by atoms with E-state index in [9.17, 15) is 0 Å². The van der Waals surface area contributed by atoms with Crippen molar-refractivity contribution >= 4 is 5.82 Å². The van der Waals surface area contributed by atoms with Crippen molar-refractivity contribution in [3.63, 3.8) is 0 Å². The van der Waals surface area contributed by atoms with Crippen LogP contribution in [0.3, 0.4) is 0 Å². The first-order valence-electron chi connectivity index (χ1n) is 5.70. The summed E-state index contributed by atoms with van der Waals surface area (Å²) in [6.07, 6.45) is 5.23. The fraction of sp³-hybridized carbons (Fsp3) is 0.308. The molecular weight excluding hydrogens is 212 g/mol. The third-order valence-electron chi connectivity index (χ3n) is 2.72. The second-order valence-corrected chi connectivity index (χ2v) is 3.92. The largest absolute Gasteiger partial charge is 0.370 e. The number of pyridine rings is 1. The predicted molar refractivity (Wildman–Crippen MR) is 68.9 cm³/mol. The first-order valence-corrected chi connectivity index (χ1v) is 5.70. The van der Waals surface area contributed by atoms with Crippen molar-refractivity contribution in [3.8, 4) is 11.3 Å². The van der Waals surface area contributed by atoms with Crippen LogP contribution in [0.1, 0.15) is 18.1 Å². The number of aryl methyl sites for hydroxylation is 1. The van der Waals surface area contributed by atoms with Crippen molar-refractivity contribution in [2.75, 3.05) is 11.9 Å². The molecule has 4 heteroatoms. The highest BCUT2D eigenvalue weighted by Gasteiger charge is 2.10. The zero-order chi connectivity index (χ0) is 12.3. The summed E-state index contributed by atoms with van der Waals surface area (Å²) in [5.41, 5.74) is 4.24. The summed E-state index contributed by atoms with van der Waals surface area (Å²) in [4.78, 5) is 12.8. The van der Waals surface area contributed by atoms with Gasteiger partial charge in [0.2, 0.25) is 0 Å². The number of hydrogen-bond acceptors (Lipinski definition) is 4. The van der Waals surface area contributed by atoms with E-state index in [0.717, 1.165) is 29.2 Å². The Hall–Kier alpha value is -1.97. The highest BCUT2D eigenvalue weighted by Crippen LogP contribution is 2.26. The second-order valence-electron chi connectivity index (χ2n) is 3.92. The van der Waals surface area contributed by atoms with Gasteiger partial charge in [-0.3, -0.25) is 4.98 Å². The minimum Gasteiger partial charge on any atom is -0.370 e. The second kappa shape index (κ2) is 4.91. The van der Waals surface area contributed by atoms with Gasteiger partial charge in [-0.15, -0.1) is 0 Å². The van der Waals surface area contributed by atoms with Gasteiger partial charge in [0.1, 0.15) is 12.1 Å². The lowest BCUT2D eigenvalue weighted by atomic mass is 10.0. The smallest absolute Gasteiger partial charge is 0.132 e. The highest BCUT2D eigenvalue weighted by molar-refractivity contribution is 5.69. The molecule has 88 valence electrons. The molecule has 0 aliphatic rings. The lowest BCUT2D eigenvalue weighted by molar-refractivity contribution is 1.08. The van der Waals surface area contributed by atoms with E-state index >= 15 is 0 Å². The summed E-state index contributed by atoms with van der Waals surface area (Å²) in [6, 6.07) is 1.99. The molecule has 0 amide bonds. The minimum absolute atomic E-state index is 0.851. The number of rotatable bonds is 3. The van der Waals surface area contributed by atoms with E-state index in [0.29, 0.717) is 0 Å². The van der Waals surface area contributed by atoms with Gasteiger partial charge in [0, 0.05) is 30.1 Å². The molecule has 0 atom stereocenters. The van der Waals surface area contributed by atoms with Crippen LogP contribution in [0.4, 0.5) is 5.82 Å². The van der Waals surface area contributed by atoms with Crippen molar-refractivity contribution in [2.45, 2.75) is 20.8 Å². The van der Waals surface area contributed by atoms with E-state index in [1.165, 1.54) is 5.56 Å². The Balaban J connectivity index is 2.53. The molecule has 0 aliphatic carbocycles. The van der Waals surface area contributed by atoms with Crippen molar-refractivity contribution in [1.82, 2.24) is 15.0 Å². The van der Waals surface area contributed by atoms with Gasteiger partial charge in [-0.25, -0.2) is 9.97 Å². The summed E-state index contributed by atoms with van der Waals surface area (Å²) < 4.78 is 0. The summed E-state index contributed by atoms with van der Waals surface area (Å²) in [6.45, 7) is 6.99. The number of hydrogen-bond donors (Lipinski definition) is 1. The van der Waals surface area contributed by atoms with E-state index in [-0.39, 0.29) is 0 Å². The van der Waals surface area contributed by atoms with Gasteiger partial charge in [-0.2, -0.15) is 0 Å². The molecule has 0 aromatic carbocycles. The topological polar surface area (TPSA) is 50.7 Å². The fourth-order valence-electron chi connectivity index (χ4n) is 1.78. The summed E-state index contributed by atoms with van der Waals surface area (Å²) in [7, 11) is 0. The Morgan fingerprint density at radius 1 is 1.24 bits per heavy atom. The van der Waals surface area contributed by atoms with Crippen molar-refractivity contribution < 1.29 is 0 Å². The van der Waals surface area contributed by atoms with Gasteiger partial charge >= 0.3 is 0 Å². The molecule has 0 saturated heterocycles. The zero-order valence-electron chi connectivity index (χ0n) is 10.4. The molecule has 17 heavy (non-hydrogen) atoms. The summed E-state index contributed by atoms with van der Waals surface area (Å²) in [5.74, 6) is 0.890. The molecule has 2 aromatic heterocycles. The van der Waals surface area contributed by atoms with Crippen LogP contribution < -0.4 is 5.32 Å². The van der Waals surface area contributed by atoms with Crippen molar-refractivity contribution in [1.29, 1.82) is 0 Å². The molecule has 0 saturated carbocycles. The molecule has 0 aliphatic heterocycles. The zero-order valence-corrected chi connectivity index (χ0v) is 10.4. The van der Waals surface area contributed by atoms with Crippen LogP contribution in [0.15, 0.2) is 24.8 Å². The van der Waals surface area contributed by atoms with Gasteiger partial charge in [0.25, 0.3) is 0 Å². The standard InChI is InChI=1S/C13H16N4/c1-4-15-13-10(3)12(16-8-17-13)11-7-14-6-5-9(11)2/h5-8H,4H2,1-3H3,(H,15,16,17).